The van der Waals surface area contributed by atoms with Crippen LogP contribution in [0.4, 0.5) is 0 Å². The van der Waals surface area contributed by atoms with E-state index in [1.165, 1.54) is 5.56 Å². The quantitative estimate of drug-likeness (QED) is 0.780. The van der Waals surface area contributed by atoms with Crippen molar-refractivity contribution < 1.29 is 9.59 Å². The Morgan fingerprint density at radius 3 is 2.56 bits per heavy atom. The van der Waals surface area contributed by atoms with Crippen LogP contribution in [0.5, 0.6) is 0 Å². The molecule has 3 nitrogen and oxygen atoms in total. The highest BCUT2D eigenvalue weighted by Crippen LogP contribution is 2.22. The number of amides is 1. The highest BCUT2D eigenvalue weighted by molar-refractivity contribution is 5.96. The molecule has 3 heteroatoms. The van der Waals surface area contributed by atoms with Crippen LogP contribution in [-0.4, -0.2) is 11.7 Å². The second kappa shape index (κ2) is 4.08. The summed E-state index contributed by atoms with van der Waals surface area (Å²) in [6, 6.07) is 5.43. The summed E-state index contributed by atoms with van der Waals surface area (Å²) in [5, 5.41) is 2.74. The van der Waals surface area contributed by atoms with Crippen LogP contribution in [0.15, 0.2) is 18.2 Å². The molecule has 0 saturated carbocycles. The first-order chi connectivity index (χ1) is 7.58. The minimum atomic E-state index is -0.444. The Morgan fingerprint density at radius 1 is 1.12 bits per heavy atom. The number of carbonyl (C=O) groups is 2. The van der Waals surface area contributed by atoms with Crippen molar-refractivity contribution in [2.45, 2.75) is 32.7 Å². The number of hydrogen-bond acceptors (Lipinski definition) is 2. The number of piperidine rings is 1. The van der Waals surface area contributed by atoms with E-state index in [0.29, 0.717) is 12.8 Å². The molecule has 1 fully saturated rings. The molecular formula is C13H15NO2. The van der Waals surface area contributed by atoms with Crippen molar-refractivity contribution >= 4 is 11.7 Å². The number of benzene rings is 1. The fraction of sp³-hybridized carbons (Fsp3) is 0.385. The minimum Gasteiger partial charge on any atom is -0.342 e. The van der Waals surface area contributed by atoms with Gasteiger partial charge in [-0.05, 0) is 30.5 Å². The monoisotopic (exact) mass is 217 g/mol. The number of nitrogens with one attached hydrogen (secondary N) is 1. The second-order valence-corrected chi connectivity index (χ2v) is 4.31. The summed E-state index contributed by atoms with van der Waals surface area (Å²) in [6.45, 7) is 4.04. The van der Waals surface area contributed by atoms with Gasteiger partial charge in [0.1, 0.15) is 6.04 Å². The fourth-order valence-electron chi connectivity index (χ4n) is 1.91. The number of hydrogen-bond donors (Lipinski definition) is 1. The highest BCUT2D eigenvalue weighted by atomic mass is 16.2. The Hall–Kier alpha value is -1.64. The van der Waals surface area contributed by atoms with Crippen LogP contribution < -0.4 is 5.32 Å². The van der Waals surface area contributed by atoms with E-state index in [-0.39, 0.29) is 11.7 Å². The molecule has 1 N–H and O–H groups in total. The van der Waals surface area contributed by atoms with Gasteiger partial charge < -0.3 is 5.32 Å². The molecule has 1 aliphatic rings. The average Bonchev–Trinajstić information content (AvgIpc) is 2.26. The zero-order valence-electron chi connectivity index (χ0n) is 9.54. The smallest absolute Gasteiger partial charge is 0.221 e. The Morgan fingerprint density at radius 2 is 1.88 bits per heavy atom. The topological polar surface area (TPSA) is 46.2 Å². The van der Waals surface area contributed by atoms with Crippen LogP contribution in [-0.2, 0) is 9.59 Å². The Bertz CT molecular complexity index is 451. The van der Waals surface area contributed by atoms with Gasteiger partial charge in [0, 0.05) is 12.8 Å². The normalized spacial score (nSPS) is 20.8. The van der Waals surface area contributed by atoms with Gasteiger partial charge in [0.05, 0.1) is 0 Å². The molecule has 84 valence electrons. The molecule has 0 bridgehead atoms. The van der Waals surface area contributed by atoms with Crippen LogP contribution in [0.1, 0.15) is 35.6 Å². The fourth-order valence-corrected chi connectivity index (χ4v) is 1.91. The number of Topliss-reactive ketones (excluding diaryl/α,β-unsaturated/α-hetero) is 1. The van der Waals surface area contributed by atoms with E-state index in [9.17, 15) is 9.59 Å². The van der Waals surface area contributed by atoms with Crippen LogP contribution in [0.3, 0.4) is 0 Å². The number of carbonyl (C=O) groups excluding carboxylic acids is 2. The first-order valence-corrected chi connectivity index (χ1v) is 5.47. The summed E-state index contributed by atoms with van der Waals surface area (Å²) in [4.78, 5) is 23.0. The van der Waals surface area contributed by atoms with Gasteiger partial charge in [-0.2, -0.15) is 0 Å². The number of ketones is 1. The zero-order valence-corrected chi connectivity index (χ0v) is 9.54. The minimum absolute atomic E-state index is 0.0390. The molecule has 1 unspecified atom stereocenters. The Balaban J connectivity index is 2.31. The van der Waals surface area contributed by atoms with Gasteiger partial charge in [0.25, 0.3) is 0 Å². The van der Waals surface area contributed by atoms with Crippen molar-refractivity contribution in [2.24, 2.45) is 0 Å². The van der Waals surface area contributed by atoms with Crippen molar-refractivity contribution in [1.29, 1.82) is 0 Å². The maximum Gasteiger partial charge on any atom is 0.221 e. The highest BCUT2D eigenvalue weighted by Gasteiger charge is 2.27. The third-order valence-electron chi connectivity index (χ3n) is 3.09. The lowest BCUT2D eigenvalue weighted by atomic mass is 9.93. The Kier molecular flexibility index (Phi) is 2.77. The van der Waals surface area contributed by atoms with Gasteiger partial charge in [-0.25, -0.2) is 0 Å². The Labute approximate surface area is 94.9 Å². The lowest BCUT2D eigenvalue weighted by Gasteiger charge is -2.22. The van der Waals surface area contributed by atoms with E-state index >= 15 is 0 Å². The zero-order chi connectivity index (χ0) is 11.7. The number of rotatable bonds is 1. The maximum atomic E-state index is 11.7. The van der Waals surface area contributed by atoms with Gasteiger partial charge in [-0.1, -0.05) is 18.2 Å². The van der Waals surface area contributed by atoms with Crippen molar-refractivity contribution in [2.75, 3.05) is 0 Å². The molecule has 1 saturated heterocycles. The molecule has 16 heavy (non-hydrogen) atoms. The van der Waals surface area contributed by atoms with Gasteiger partial charge >= 0.3 is 0 Å². The van der Waals surface area contributed by atoms with Crippen LogP contribution in [0, 0.1) is 13.8 Å². The predicted octanol–water partition coefficient (Wildman–Crippen LogP) is 1.82. The maximum absolute atomic E-state index is 11.7. The van der Waals surface area contributed by atoms with E-state index < -0.39 is 6.04 Å². The van der Waals surface area contributed by atoms with Crippen molar-refractivity contribution in [3.8, 4) is 0 Å². The molecular weight excluding hydrogens is 202 g/mol. The van der Waals surface area contributed by atoms with Gasteiger partial charge in [0.15, 0.2) is 5.78 Å². The van der Waals surface area contributed by atoms with Crippen LogP contribution in [0.2, 0.25) is 0 Å². The predicted molar refractivity (Wildman–Crippen MR) is 61.0 cm³/mol. The molecule has 1 aromatic carbocycles. The van der Waals surface area contributed by atoms with Crippen LogP contribution in [0.25, 0.3) is 0 Å². The summed E-state index contributed by atoms with van der Waals surface area (Å²) < 4.78 is 0. The summed E-state index contributed by atoms with van der Waals surface area (Å²) in [5.74, 6) is 0.0608. The first kappa shape index (κ1) is 10.9. The molecule has 1 aromatic rings. The molecule has 0 radical (unpaired) electrons. The van der Waals surface area contributed by atoms with E-state index in [1.807, 2.05) is 32.0 Å². The lowest BCUT2D eigenvalue weighted by Crippen LogP contribution is -2.38. The number of aryl methyl sites for hydroxylation is 2. The van der Waals surface area contributed by atoms with Crippen molar-refractivity contribution in [3.63, 3.8) is 0 Å². The third kappa shape index (κ3) is 1.98. The van der Waals surface area contributed by atoms with Gasteiger partial charge in [0.2, 0.25) is 5.91 Å². The molecule has 0 aliphatic carbocycles. The molecule has 1 heterocycles. The molecule has 1 aliphatic heterocycles. The molecule has 0 spiro atoms. The second-order valence-electron chi connectivity index (χ2n) is 4.31. The van der Waals surface area contributed by atoms with E-state index in [1.54, 1.807) is 0 Å². The van der Waals surface area contributed by atoms with Crippen LogP contribution >= 0.6 is 0 Å². The van der Waals surface area contributed by atoms with Gasteiger partial charge in [-0.3, -0.25) is 9.59 Å². The largest absolute Gasteiger partial charge is 0.342 e. The third-order valence-corrected chi connectivity index (χ3v) is 3.09. The van der Waals surface area contributed by atoms with Crippen molar-refractivity contribution in [3.05, 3.63) is 34.9 Å². The average molecular weight is 217 g/mol. The summed E-state index contributed by atoms with van der Waals surface area (Å²) in [5.41, 5.74) is 3.23. The molecule has 1 amide bonds. The summed E-state index contributed by atoms with van der Waals surface area (Å²) in [6.07, 6.45) is 0.670. The van der Waals surface area contributed by atoms with E-state index in [0.717, 1.165) is 11.1 Å². The molecule has 1 atom stereocenters. The van der Waals surface area contributed by atoms with Gasteiger partial charge in [-0.15, -0.1) is 0 Å². The molecule has 0 aromatic heterocycles. The summed E-state index contributed by atoms with van der Waals surface area (Å²) in [7, 11) is 0. The van der Waals surface area contributed by atoms with Crippen molar-refractivity contribution in [1.82, 2.24) is 5.32 Å². The SMILES string of the molecule is Cc1ccc(C2NC(=O)CCC2=O)cc1C. The van der Waals surface area contributed by atoms with E-state index in [4.69, 9.17) is 0 Å². The lowest BCUT2D eigenvalue weighted by molar-refractivity contribution is -0.132. The summed E-state index contributed by atoms with van der Waals surface area (Å²) >= 11 is 0. The molecule has 2 rings (SSSR count). The standard InChI is InChI=1S/C13H15NO2/c1-8-3-4-10(7-9(8)2)13-11(15)5-6-12(16)14-13/h3-4,7,13H,5-6H2,1-2H3,(H,14,16). The van der Waals surface area contributed by atoms with E-state index in [2.05, 4.69) is 5.32 Å². The first-order valence-electron chi connectivity index (χ1n) is 5.47.